The fourth-order valence-corrected chi connectivity index (χ4v) is 0.264. The van der Waals surface area contributed by atoms with Crippen LogP contribution in [-0.2, 0) is 14.3 Å². The van der Waals surface area contributed by atoms with Gasteiger partial charge in [-0.3, -0.25) is 5.41 Å². The first-order chi connectivity index (χ1) is 5.77. The van der Waals surface area contributed by atoms with Crippen LogP contribution in [0, 0.1) is 5.41 Å². The average molecular weight is 191 g/mol. The molecule has 0 bridgehead atoms. The van der Waals surface area contributed by atoms with E-state index in [1.165, 1.54) is 0 Å². The summed E-state index contributed by atoms with van der Waals surface area (Å²) < 4.78 is 4.27. The number of carboxylic acids is 1. The summed E-state index contributed by atoms with van der Waals surface area (Å²) in [5.41, 5.74) is 8.94. The number of guanidine groups is 1. The van der Waals surface area contributed by atoms with E-state index in [4.69, 9.17) is 10.5 Å². The van der Waals surface area contributed by atoms with E-state index in [2.05, 4.69) is 16.2 Å². The molecule has 0 aliphatic heterocycles. The van der Waals surface area contributed by atoms with Gasteiger partial charge in [0.1, 0.15) is 0 Å². The van der Waals surface area contributed by atoms with Gasteiger partial charge >= 0.3 is 11.9 Å². The Morgan fingerprint density at radius 2 is 1.69 bits per heavy atom. The van der Waals surface area contributed by atoms with Crippen molar-refractivity contribution in [2.24, 2.45) is 11.5 Å². The highest BCUT2D eigenvalue weighted by Gasteiger charge is 2.13. The first kappa shape index (κ1) is 13.8. The van der Waals surface area contributed by atoms with Crippen molar-refractivity contribution < 1.29 is 19.4 Å². The molecule has 0 saturated carbocycles. The summed E-state index contributed by atoms with van der Waals surface area (Å²) in [5.74, 6) is -3.09. The van der Waals surface area contributed by atoms with Gasteiger partial charge in [-0.05, 0) is 13.8 Å². The van der Waals surface area contributed by atoms with Crippen LogP contribution in [0.2, 0.25) is 0 Å². The van der Waals surface area contributed by atoms with Crippen molar-refractivity contribution in [1.82, 2.24) is 0 Å². The first-order valence-corrected chi connectivity index (χ1v) is 3.30. The summed E-state index contributed by atoms with van der Waals surface area (Å²) in [4.78, 5) is 19.9. The zero-order valence-electron chi connectivity index (χ0n) is 7.40. The Bertz CT molecular complexity index is 198. The fraction of sp³-hybridized carbons (Fsp3) is 0.500. The smallest absolute Gasteiger partial charge is 0.417 e. The molecule has 7 nitrogen and oxygen atoms in total. The van der Waals surface area contributed by atoms with Gasteiger partial charge < -0.3 is 21.3 Å². The number of carboxylic acid groups (broad SMARTS) is 1. The third-order valence-corrected chi connectivity index (χ3v) is 0.517. The molecule has 6 N–H and O–H groups in total. The summed E-state index contributed by atoms with van der Waals surface area (Å²) in [6.07, 6.45) is -0.367. The minimum atomic E-state index is -1.55. The summed E-state index contributed by atoms with van der Waals surface area (Å²) in [7, 11) is 0. The Morgan fingerprint density at radius 3 is 1.77 bits per heavy atom. The van der Waals surface area contributed by atoms with Gasteiger partial charge in [0.2, 0.25) is 0 Å². The molecule has 0 atom stereocenters. The summed E-state index contributed by atoms with van der Waals surface area (Å²) in [5, 5.41) is 14.0. The second-order valence-corrected chi connectivity index (χ2v) is 2.21. The van der Waals surface area contributed by atoms with Crippen molar-refractivity contribution in [1.29, 1.82) is 5.41 Å². The van der Waals surface area contributed by atoms with Crippen molar-refractivity contribution in [3.05, 3.63) is 0 Å². The largest absolute Gasteiger partial charge is 0.473 e. The van der Waals surface area contributed by atoms with Crippen molar-refractivity contribution in [2.75, 3.05) is 0 Å². The Morgan fingerprint density at radius 1 is 1.38 bits per heavy atom. The third-order valence-electron chi connectivity index (χ3n) is 0.517. The molecule has 0 amide bonds. The lowest BCUT2D eigenvalue weighted by atomic mass is 10.5. The molecular formula is C6H13N3O4. The molecule has 0 aliphatic rings. The van der Waals surface area contributed by atoms with Crippen LogP contribution < -0.4 is 11.5 Å². The van der Waals surface area contributed by atoms with E-state index >= 15 is 0 Å². The SMILES string of the molecule is CC(C)OC(=O)C(=O)O.N=C(N)N. The summed E-state index contributed by atoms with van der Waals surface area (Å²) in [6.45, 7) is 3.17. The predicted octanol–water partition coefficient (Wildman–Crippen LogP) is -1.14. The number of ether oxygens (including phenoxy) is 1. The van der Waals surface area contributed by atoms with Crippen molar-refractivity contribution >= 4 is 17.9 Å². The normalized spacial score (nSPS) is 8.23. The Balaban J connectivity index is 0. The van der Waals surface area contributed by atoms with E-state index < -0.39 is 11.9 Å². The van der Waals surface area contributed by atoms with E-state index in [1.807, 2.05) is 0 Å². The topological polar surface area (TPSA) is 139 Å². The second-order valence-electron chi connectivity index (χ2n) is 2.21. The number of rotatable bonds is 1. The van der Waals surface area contributed by atoms with E-state index in [1.54, 1.807) is 13.8 Å². The van der Waals surface area contributed by atoms with Crippen molar-refractivity contribution in [3.8, 4) is 0 Å². The van der Waals surface area contributed by atoms with Crippen molar-refractivity contribution in [2.45, 2.75) is 20.0 Å². The van der Waals surface area contributed by atoms with Gasteiger partial charge in [0, 0.05) is 0 Å². The minimum Gasteiger partial charge on any atom is -0.473 e. The average Bonchev–Trinajstić information content (AvgIpc) is 1.83. The predicted molar refractivity (Wildman–Crippen MR) is 45.0 cm³/mol. The van der Waals surface area contributed by atoms with Crippen LogP contribution >= 0.6 is 0 Å². The lowest BCUT2D eigenvalue weighted by Crippen LogP contribution is -2.20. The third kappa shape index (κ3) is 17.8. The maximum absolute atomic E-state index is 10.1. The number of aliphatic carboxylic acids is 1. The molecule has 0 heterocycles. The number of esters is 1. The van der Waals surface area contributed by atoms with Crippen LogP contribution in [-0.4, -0.2) is 29.1 Å². The molecule has 0 saturated heterocycles. The molecular weight excluding hydrogens is 178 g/mol. The quantitative estimate of drug-likeness (QED) is 0.179. The van der Waals surface area contributed by atoms with Crippen molar-refractivity contribution in [3.63, 3.8) is 0 Å². The van der Waals surface area contributed by atoms with Crippen LogP contribution in [0.15, 0.2) is 0 Å². The monoisotopic (exact) mass is 191 g/mol. The molecule has 0 radical (unpaired) electrons. The summed E-state index contributed by atoms with van der Waals surface area (Å²) in [6, 6.07) is 0. The van der Waals surface area contributed by atoms with Gasteiger partial charge in [0.05, 0.1) is 6.10 Å². The van der Waals surface area contributed by atoms with Gasteiger partial charge in [-0.25, -0.2) is 9.59 Å². The highest BCUT2D eigenvalue weighted by molar-refractivity contribution is 6.28. The number of carbonyl (C=O) groups is 2. The number of hydrogen-bond donors (Lipinski definition) is 4. The maximum Gasteiger partial charge on any atom is 0.417 e. The molecule has 76 valence electrons. The number of carbonyl (C=O) groups excluding carboxylic acids is 1. The fourth-order valence-electron chi connectivity index (χ4n) is 0.264. The van der Waals surface area contributed by atoms with Gasteiger partial charge in [-0.15, -0.1) is 0 Å². The minimum absolute atomic E-state index is 0.333. The second kappa shape index (κ2) is 6.89. The molecule has 13 heavy (non-hydrogen) atoms. The zero-order chi connectivity index (χ0) is 11.0. The number of nitrogens with one attached hydrogen (secondary N) is 1. The lowest BCUT2D eigenvalue weighted by Gasteiger charge is -2.02. The lowest BCUT2D eigenvalue weighted by molar-refractivity contribution is -0.166. The molecule has 0 aromatic heterocycles. The molecule has 0 fully saturated rings. The molecule has 0 unspecified atom stereocenters. The van der Waals surface area contributed by atoms with E-state index in [0.717, 1.165) is 0 Å². The molecule has 0 rings (SSSR count). The zero-order valence-corrected chi connectivity index (χ0v) is 7.40. The van der Waals surface area contributed by atoms with Gasteiger partial charge in [-0.1, -0.05) is 0 Å². The highest BCUT2D eigenvalue weighted by Crippen LogP contribution is 1.87. The number of hydrogen-bond acceptors (Lipinski definition) is 4. The van der Waals surface area contributed by atoms with Crippen LogP contribution in [0.4, 0.5) is 0 Å². The van der Waals surface area contributed by atoms with Gasteiger partial charge in [-0.2, -0.15) is 0 Å². The molecule has 0 aliphatic carbocycles. The standard InChI is InChI=1S/C5H8O4.CH5N3/c1-3(2)9-5(8)4(6)7;2-1(3)4/h3H,1-2H3,(H,6,7);(H5,2,3,4). The van der Waals surface area contributed by atoms with Crippen LogP contribution in [0.5, 0.6) is 0 Å². The van der Waals surface area contributed by atoms with E-state index in [-0.39, 0.29) is 12.1 Å². The van der Waals surface area contributed by atoms with E-state index in [0.29, 0.717) is 0 Å². The van der Waals surface area contributed by atoms with Crippen LogP contribution in [0.1, 0.15) is 13.8 Å². The van der Waals surface area contributed by atoms with Crippen LogP contribution in [0.3, 0.4) is 0 Å². The van der Waals surface area contributed by atoms with E-state index in [9.17, 15) is 9.59 Å². The van der Waals surface area contributed by atoms with Gasteiger partial charge in [0.15, 0.2) is 5.96 Å². The summed E-state index contributed by atoms with van der Waals surface area (Å²) >= 11 is 0. The Kier molecular flexibility index (Phi) is 7.30. The molecule has 0 aromatic carbocycles. The Labute approximate surface area is 75.2 Å². The Hall–Kier alpha value is -1.79. The van der Waals surface area contributed by atoms with Gasteiger partial charge in [0.25, 0.3) is 0 Å². The maximum atomic E-state index is 10.1. The molecule has 0 spiro atoms. The van der Waals surface area contributed by atoms with Crippen LogP contribution in [0.25, 0.3) is 0 Å². The molecule has 0 aromatic rings. The number of nitrogens with two attached hydrogens (primary N) is 2. The first-order valence-electron chi connectivity index (χ1n) is 3.30. The highest BCUT2D eigenvalue weighted by atomic mass is 16.6. The molecule has 7 heteroatoms.